The van der Waals surface area contributed by atoms with Crippen LogP contribution in [0.2, 0.25) is 0 Å². The van der Waals surface area contributed by atoms with Crippen LogP contribution < -0.4 is 10.5 Å². The zero-order valence-corrected chi connectivity index (χ0v) is 16.3. The highest BCUT2D eigenvalue weighted by Crippen LogP contribution is 2.34. The van der Waals surface area contributed by atoms with E-state index in [0.29, 0.717) is 13.2 Å². The van der Waals surface area contributed by atoms with Gasteiger partial charge in [0.15, 0.2) is 5.13 Å². The third-order valence-corrected chi connectivity index (χ3v) is 6.42. The molecule has 3 aromatic heterocycles. The second kappa shape index (κ2) is 7.44. The Morgan fingerprint density at radius 1 is 1.29 bits per heavy atom. The Balaban J connectivity index is 1.41. The summed E-state index contributed by atoms with van der Waals surface area (Å²) in [6.45, 7) is 2.95. The van der Waals surface area contributed by atoms with Gasteiger partial charge in [-0.2, -0.15) is 5.10 Å². The van der Waals surface area contributed by atoms with Gasteiger partial charge in [-0.3, -0.25) is 9.78 Å². The van der Waals surface area contributed by atoms with Crippen molar-refractivity contribution in [2.24, 2.45) is 0 Å². The topological polar surface area (TPSA) is 73.1 Å². The summed E-state index contributed by atoms with van der Waals surface area (Å²) in [7, 11) is 0. The van der Waals surface area contributed by atoms with Gasteiger partial charge in [0, 0.05) is 37.0 Å². The fourth-order valence-corrected chi connectivity index (χ4v) is 5.00. The third kappa shape index (κ3) is 3.33. The third-order valence-electron chi connectivity index (χ3n) is 5.31. The van der Waals surface area contributed by atoms with Gasteiger partial charge in [-0.1, -0.05) is 11.3 Å². The summed E-state index contributed by atoms with van der Waals surface area (Å²) in [5, 5.41) is 5.65. The predicted molar refractivity (Wildman–Crippen MR) is 108 cm³/mol. The van der Waals surface area contributed by atoms with Crippen molar-refractivity contribution in [3.63, 3.8) is 0 Å². The first-order valence-electron chi connectivity index (χ1n) is 9.59. The molecule has 1 saturated heterocycles. The van der Waals surface area contributed by atoms with Crippen LogP contribution in [0.4, 0.5) is 5.13 Å². The maximum atomic E-state index is 12.4. The molecule has 5 rings (SSSR count). The average molecular weight is 395 g/mol. The fraction of sp³-hybridized carbons (Fsp3) is 0.400. The van der Waals surface area contributed by atoms with E-state index in [-0.39, 0.29) is 11.6 Å². The number of hydrogen-bond acceptors (Lipinski definition) is 7. The molecule has 144 valence electrons. The summed E-state index contributed by atoms with van der Waals surface area (Å²) in [5.74, 6) is 0. The van der Waals surface area contributed by atoms with Crippen LogP contribution in [-0.2, 0) is 24.3 Å². The van der Waals surface area contributed by atoms with E-state index in [1.54, 1.807) is 40.5 Å². The van der Waals surface area contributed by atoms with Crippen molar-refractivity contribution in [1.29, 1.82) is 0 Å². The molecule has 2 aliphatic heterocycles. The molecule has 0 radical (unpaired) electrons. The van der Waals surface area contributed by atoms with E-state index in [2.05, 4.69) is 15.0 Å². The molecular formula is C20H21N5O2S. The van der Waals surface area contributed by atoms with Crippen molar-refractivity contribution >= 4 is 16.5 Å². The van der Waals surface area contributed by atoms with Crippen LogP contribution in [0.5, 0.6) is 0 Å². The summed E-state index contributed by atoms with van der Waals surface area (Å²) in [4.78, 5) is 25.0. The maximum Gasteiger partial charge on any atom is 0.266 e. The number of anilines is 1. The highest BCUT2D eigenvalue weighted by Gasteiger charge is 2.29. The minimum atomic E-state index is -0.0775. The number of hydrogen-bond donors (Lipinski definition) is 0. The van der Waals surface area contributed by atoms with E-state index in [1.165, 1.54) is 10.6 Å². The predicted octanol–water partition coefficient (Wildman–Crippen LogP) is 2.50. The molecule has 0 spiro atoms. The van der Waals surface area contributed by atoms with Gasteiger partial charge in [-0.15, -0.1) is 0 Å². The average Bonchev–Trinajstić information content (AvgIpc) is 3.36. The summed E-state index contributed by atoms with van der Waals surface area (Å²) in [6, 6.07) is 7.40. The molecule has 0 saturated carbocycles. The highest BCUT2D eigenvalue weighted by atomic mass is 32.1. The summed E-state index contributed by atoms with van der Waals surface area (Å²) in [6.07, 6.45) is 6.52. The van der Waals surface area contributed by atoms with Crippen LogP contribution in [0.1, 0.15) is 23.4 Å². The van der Waals surface area contributed by atoms with Crippen LogP contribution >= 0.6 is 11.3 Å². The van der Waals surface area contributed by atoms with Gasteiger partial charge in [0.1, 0.15) is 0 Å². The van der Waals surface area contributed by atoms with E-state index in [9.17, 15) is 4.79 Å². The van der Waals surface area contributed by atoms with Gasteiger partial charge in [-0.25, -0.2) is 9.67 Å². The molecule has 0 aromatic carbocycles. The summed E-state index contributed by atoms with van der Waals surface area (Å²) < 4.78 is 7.14. The molecule has 1 atom stereocenters. The Hall–Kier alpha value is -2.58. The molecule has 28 heavy (non-hydrogen) atoms. The van der Waals surface area contributed by atoms with E-state index in [0.717, 1.165) is 48.8 Å². The molecule has 0 bridgehead atoms. The number of aromatic nitrogens is 4. The lowest BCUT2D eigenvalue weighted by Crippen LogP contribution is -2.37. The molecule has 0 aliphatic carbocycles. The van der Waals surface area contributed by atoms with E-state index in [4.69, 9.17) is 9.72 Å². The normalized spacial score (nSPS) is 19.0. The van der Waals surface area contributed by atoms with Gasteiger partial charge < -0.3 is 9.64 Å². The maximum absolute atomic E-state index is 12.4. The van der Waals surface area contributed by atoms with Gasteiger partial charge in [0.2, 0.25) is 0 Å². The second-order valence-corrected chi connectivity index (χ2v) is 8.20. The van der Waals surface area contributed by atoms with Crippen LogP contribution in [0.15, 0.2) is 41.5 Å². The first-order valence-corrected chi connectivity index (χ1v) is 10.4. The van der Waals surface area contributed by atoms with E-state index < -0.39 is 0 Å². The standard InChI is InChI=1S/C20H21N5O2S/c26-19-6-5-16(14-3-1-8-21-11-14)23-25(19)12-15-4-2-9-24(15)20-22-17-7-10-27-13-18(17)28-20/h1,3,5-6,8,11,15H,2,4,7,9-10,12-13H2. The molecule has 5 heterocycles. The van der Waals surface area contributed by atoms with Crippen LogP contribution in [0.25, 0.3) is 11.3 Å². The SMILES string of the molecule is O=c1ccc(-c2cccnc2)nn1CC1CCCN1c1nc2c(s1)COCC2. The van der Waals surface area contributed by atoms with Crippen molar-refractivity contribution in [3.8, 4) is 11.3 Å². The lowest BCUT2D eigenvalue weighted by Gasteiger charge is -2.24. The minimum Gasteiger partial charge on any atom is -0.375 e. The molecule has 1 fully saturated rings. The number of rotatable bonds is 4. The Morgan fingerprint density at radius 2 is 2.25 bits per heavy atom. The van der Waals surface area contributed by atoms with Gasteiger partial charge in [0.05, 0.1) is 42.1 Å². The Labute approximate surface area is 166 Å². The first-order chi connectivity index (χ1) is 13.8. The number of nitrogens with zero attached hydrogens (tertiary/aromatic N) is 5. The van der Waals surface area contributed by atoms with Crippen molar-refractivity contribution in [3.05, 3.63) is 57.6 Å². The number of ether oxygens (including phenoxy) is 1. The molecule has 1 unspecified atom stereocenters. The van der Waals surface area contributed by atoms with Crippen molar-refractivity contribution in [2.75, 3.05) is 18.1 Å². The number of thiazole rings is 1. The Morgan fingerprint density at radius 3 is 3.11 bits per heavy atom. The van der Waals surface area contributed by atoms with Gasteiger partial charge in [-0.05, 0) is 31.0 Å². The zero-order valence-electron chi connectivity index (χ0n) is 15.5. The van der Waals surface area contributed by atoms with Crippen molar-refractivity contribution in [2.45, 2.75) is 38.5 Å². The molecule has 8 heteroatoms. The van der Waals surface area contributed by atoms with Gasteiger partial charge >= 0.3 is 0 Å². The van der Waals surface area contributed by atoms with Crippen LogP contribution in [-0.4, -0.2) is 38.9 Å². The Kier molecular flexibility index (Phi) is 4.66. The Bertz CT molecular complexity index is 1010. The second-order valence-electron chi connectivity index (χ2n) is 7.14. The van der Waals surface area contributed by atoms with Crippen LogP contribution in [0, 0.1) is 0 Å². The zero-order chi connectivity index (χ0) is 18.9. The fourth-order valence-electron chi connectivity index (χ4n) is 3.86. The molecule has 0 amide bonds. The molecular weight excluding hydrogens is 374 g/mol. The first kappa shape index (κ1) is 17.5. The highest BCUT2D eigenvalue weighted by molar-refractivity contribution is 7.15. The number of fused-ring (bicyclic) bond motifs is 1. The summed E-state index contributed by atoms with van der Waals surface area (Å²) in [5.41, 5.74) is 2.77. The molecule has 2 aliphatic rings. The van der Waals surface area contributed by atoms with E-state index >= 15 is 0 Å². The van der Waals surface area contributed by atoms with Crippen molar-refractivity contribution < 1.29 is 4.74 Å². The lowest BCUT2D eigenvalue weighted by atomic mass is 10.2. The monoisotopic (exact) mass is 395 g/mol. The summed E-state index contributed by atoms with van der Waals surface area (Å²) >= 11 is 1.72. The largest absolute Gasteiger partial charge is 0.375 e. The number of pyridine rings is 1. The van der Waals surface area contributed by atoms with Crippen molar-refractivity contribution in [1.82, 2.24) is 19.7 Å². The smallest absolute Gasteiger partial charge is 0.266 e. The van der Waals surface area contributed by atoms with Gasteiger partial charge in [0.25, 0.3) is 5.56 Å². The lowest BCUT2D eigenvalue weighted by molar-refractivity contribution is 0.112. The van der Waals surface area contributed by atoms with E-state index in [1.807, 2.05) is 12.1 Å². The molecule has 7 nitrogen and oxygen atoms in total. The molecule has 0 N–H and O–H groups in total. The quantitative estimate of drug-likeness (QED) is 0.676. The minimum absolute atomic E-state index is 0.0775. The molecule has 3 aromatic rings. The van der Waals surface area contributed by atoms with Crippen LogP contribution in [0.3, 0.4) is 0 Å².